The first kappa shape index (κ1) is 12.9. The van der Waals surface area contributed by atoms with Gasteiger partial charge in [0.1, 0.15) is 0 Å². The first-order valence-corrected chi connectivity index (χ1v) is 6.76. The molecule has 1 heterocycles. The van der Waals surface area contributed by atoms with Crippen LogP contribution in [0.1, 0.15) is 5.69 Å². The smallest absolute Gasteiger partial charge is 0.0771 e. The summed E-state index contributed by atoms with van der Waals surface area (Å²) in [7, 11) is 0. The zero-order chi connectivity index (χ0) is 13.9. The van der Waals surface area contributed by atoms with Crippen molar-refractivity contribution in [3.63, 3.8) is 0 Å². The molecule has 1 aromatic heterocycles. The van der Waals surface area contributed by atoms with Crippen molar-refractivity contribution in [3.05, 3.63) is 71.4 Å². The summed E-state index contributed by atoms with van der Waals surface area (Å²) in [6, 6.07) is 19.8. The van der Waals surface area contributed by atoms with Gasteiger partial charge in [-0.15, -0.1) is 0 Å². The Morgan fingerprint density at radius 1 is 1.00 bits per heavy atom. The van der Waals surface area contributed by atoms with Crippen LogP contribution in [0.2, 0.25) is 5.02 Å². The third kappa shape index (κ3) is 2.46. The third-order valence-electron chi connectivity index (χ3n) is 3.09. The molecule has 0 saturated heterocycles. The minimum Gasteiger partial charge on any atom is -0.325 e. The van der Waals surface area contributed by atoms with Crippen molar-refractivity contribution < 1.29 is 0 Å². The Bertz CT molecular complexity index is 720. The number of rotatable bonds is 3. The van der Waals surface area contributed by atoms with Crippen LogP contribution < -0.4 is 5.73 Å². The van der Waals surface area contributed by atoms with E-state index in [1.807, 2.05) is 53.2 Å². The molecule has 0 radical (unpaired) electrons. The standard InChI is InChI=1S/C16H14ClN3/c17-13-7-4-8-15(9-13)20-16(10-14(11-18)19-20)12-5-2-1-3-6-12/h1-10H,11,18H2. The fourth-order valence-corrected chi connectivity index (χ4v) is 2.33. The van der Waals surface area contributed by atoms with Gasteiger partial charge in [0.25, 0.3) is 0 Å². The molecule has 0 bridgehead atoms. The number of hydrogen-bond acceptors (Lipinski definition) is 2. The lowest BCUT2D eigenvalue weighted by Gasteiger charge is -2.07. The molecule has 20 heavy (non-hydrogen) atoms. The van der Waals surface area contributed by atoms with E-state index in [0.717, 1.165) is 22.6 Å². The molecule has 0 spiro atoms. The summed E-state index contributed by atoms with van der Waals surface area (Å²) in [5.41, 5.74) is 9.60. The summed E-state index contributed by atoms with van der Waals surface area (Å²) in [4.78, 5) is 0. The summed E-state index contributed by atoms with van der Waals surface area (Å²) in [5.74, 6) is 0. The number of nitrogens with two attached hydrogens (primary N) is 1. The van der Waals surface area contributed by atoms with Crippen molar-refractivity contribution in [2.75, 3.05) is 0 Å². The number of aromatic nitrogens is 2. The van der Waals surface area contributed by atoms with Gasteiger partial charge in [-0.05, 0) is 24.3 Å². The average molecular weight is 284 g/mol. The molecule has 0 amide bonds. The van der Waals surface area contributed by atoms with E-state index in [4.69, 9.17) is 17.3 Å². The zero-order valence-corrected chi connectivity index (χ0v) is 11.6. The molecule has 4 heteroatoms. The second-order valence-corrected chi connectivity index (χ2v) is 4.92. The SMILES string of the molecule is NCc1cc(-c2ccccc2)n(-c2cccc(Cl)c2)n1. The van der Waals surface area contributed by atoms with Gasteiger partial charge >= 0.3 is 0 Å². The summed E-state index contributed by atoms with van der Waals surface area (Å²) in [6.07, 6.45) is 0. The molecular formula is C16H14ClN3. The molecule has 0 aliphatic heterocycles. The Labute approximate surface area is 122 Å². The monoisotopic (exact) mass is 283 g/mol. The maximum atomic E-state index is 6.07. The average Bonchev–Trinajstić information content (AvgIpc) is 2.92. The Kier molecular flexibility index (Phi) is 3.54. The maximum Gasteiger partial charge on any atom is 0.0771 e. The minimum absolute atomic E-state index is 0.410. The first-order valence-electron chi connectivity index (χ1n) is 6.38. The highest BCUT2D eigenvalue weighted by Gasteiger charge is 2.10. The zero-order valence-electron chi connectivity index (χ0n) is 10.8. The lowest BCUT2D eigenvalue weighted by Crippen LogP contribution is -2.01. The van der Waals surface area contributed by atoms with Crippen molar-refractivity contribution in [1.82, 2.24) is 9.78 Å². The Morgan fingerprint density at radius 2 is 1.80 bits per heavy atom. The van der Waals surface area contributed by atoms with E-state index in [0.29, 0.717) is 11.6 Å². The molecule has 0 aliphatic rings. The van der Waals surface area contributed by atoms with Gasteiger partial charge in [-0.2, -0.15) is 5.10 Å². The quantitative estimate of drug-likeness (QED) is 0.797. The molecule has 100 valence electrons. The summed E-state index contributed by atoms with van der Waals surface area (Å²) in [6.45, 7) is 0.410. The second-order valence-electron chi connectivity index (χ2n) is 4.48. The summed E-state index contributed by atoms with van der Waals surface area (Å²) in [5, 5.41) is 5.24. The summed E-state index contributed by atoms with van der Waals surface area (Å²) < 4.78 is 1.88. The van der Waals surface area contributed by atoms with Crippen molar-refractivity contribution in [2.45, 2.75) is 6.54 Å². The van der Waals surface area contributed by atoms with Crippen LogP contribution in [0.5, 0.6) is 0 Å². The fraction of sp³-hybridized carbons (Fsp3) is 0.0625. The topological polar surface area (TPSA) is 43.8 Å². The van der Waals surface area contributed by atoms with Crippen LogP contribution in [-0.4, -0.2) is 9.78 Å². The lowest BCUT2D eigenvalue weighted by atomic mass is 10.1. The van der Waals surface area contributed by atoms with Crippen LogP contribution in [0.3, 0.4) is 0 Å². The van der Waals surface area contributed by atoms with Crippen LogP contribution in [-0.2, 0) is 6.54 Å². The lowest BCUT2D eigenvalue weighted by molar-refractivity contribution is 0.838. The molecule has 0 atom stereocenters. The van der Waals surface area contributed by atoms with Crippen LogP contribution in [0.25, 0.3) is 16.9 Å². The highest BCUT2D eigenvalue weighted by Crippen LogP contribution is 2.25. The molecule has 3 aromatic rings. The Balaban J connectivity index is 2.18. The second kappa shape index (κ2) is 5.49. The van der Waals surface area contributed by atoms with Gasteiger partial charge in [-0.3, -0.25) is 0 Å². The molecule has 3 rings (SSSR count). The molecule has 0 fully saturated rings. The molecule has 2 N–H and O–H groups in total. The van der Waals surface area contributed by atoms with Gasteiger partial charge in [-0.1, -0.05) is 48.0 Å². The van der Waals surface area contributed by atoms with Gasteiger partial charge in [0.05, 0.1) is 17.1 Å². The largest absolute Gasteiger partial charge is 0.325 e. The predicted octanol–water partition coefficient (Wildman–Crippen LogP) is 3.65. The van der Waals surface area contributed by atoms with E-state index < -0.39 is 0 Å². The van der Waals surface area contributed by atoms with Gasteiger partial charge in [0, 0.05) is 17.1 Å². The van der Waals surface area contributed by atoms with Crippen molar-refractivity contribution >= 4 is 11.6 Å². The maximum absolute atomic E-state index is 6.07. The highest BCUT2D eigenvalue weighted by molar-refractivity contribution is 6.30. The Hall–Kier alpha value is -2.10. The third-order valence-corrected chi connectivity index (χ3v) is 3.33. The van der Waals surface area contributed by atoms with Gasteiger partial charge in [0.2, 0.25) is 0 Å². The number of hydrogen-bond donors (Lipinski definition) is 1. The number of benzene rings is 2. The number of nitrogens with zero attached hydrogens (tertiary/aromatic N) is 2. The van der Waals surface area contributed by atoms with E-state index >= 15 is 0 Å². The normalized spacial score (nSPS) is 10.7. The van der Waals surface area contributed by atoms with E-state index in [1.54, 1.807) is 0 Å². The minimum atomic E-state index is 0.410. The van der Waals surface area contributed by atoms with E-state index in [1.165, 1.54) is 0 Å². The molecule has 2 aromatic carbocycles. The van der Waals surface area contributed by atoms with Crippen molar-refractivity contribution in [3.8, 4) is 16.9 Å². The molecule has 0 saturated carbocycles. The molecular weight excluding hydrogens is 270 g/mol. The van der Waals surface area contributed by atoms with Crippen LogP contribution >= 0.6 is 11.6 Å². The molecule has 0 aliphatic carbocycles. The predicted molar refractivity (Wildman–Crippen MR) is 81.9 cm³/mol. The number of halogens is 1. The molecule has 0 unspecified atom stereocenters. The van der Waals surface area contributed by atoms with Crippen LogP contribution in [0.4, 0.5) is 0 Å². The first-order chi connectivity index (χ1) is 9.78. The van der Waals surface area contributed by atoms with E-state index in [2.05, 4.69) is 17.2 Å². The van der Waals surface area contributed by atoms with E-state index in [-0.39, 0.29) is 0 Å². The van der Waals surface area contributed by atoms with Crippen LogP contribution in [0.15, 0.2) is 60.7 Å². The molecule has 3 nitrogen and oxygen atoms in total. The van der Waals surface area contributed by atoms with Gasteiger partial charge in [-0.25, -0.2) is 4.68 Å². The van der Waals surface area contributed by atoms with Crippen LogP contribution in [0, 0.1) is 0 Å². The van der Waals surface area contributed by atoms with Crippen molar-refractivity contribution in [1.29, 1.82) is 0 Å². The highest BCUT2D eigenvalue weighted by atomic mass is 35.5. The fourth-order valence-electron chi connectivity index (χ4n) is 2.15. The van der Waals surface area contributed by atoms with Crippen molar-refractivity contribution in [2.24, 2.45) is 5.73 Å². The summed E-state index contributed by atoms with van der Waals surface area (Å²) >= 11 is 6.07. The van der Waals surface area contributed by atoms with Gasteiger partial charge in [0.15, 0.2) is 0 Å². The van der Waals surface area contributed by atoms with E-state index in [9.17, 15) is 0 Å². The van der Waals surface area contributed by atoms with Gasteiger partial charge < -0.3 is 5.73 Å². The Morgan fingerprint density at radius 3 is 2.50 bits per heavy atom.